The molecule has 0 aliphatic carbocycles. The summed E-state index contributed by atoms with van der Waals surface area (Å²) in [6, 6.07) is 8.31. The monoisotopic (exact) mass is 349 g/mol. The van der Waals surface area contributed by atoms with Gasteiger partial charge in [0.1, 0.15) is 11.5 Å². The molecule has 1 atom stereocenters. The normalized spacial score (nSPS) is 16.5. The van der Waals surface area contributed by atoms with Crippen LogP contribution in [0.25, 0.3) is 33.4 Å². The third kappa shape index (κ3) is 2.28. The summed E-state index contributed by atoms with van der Waals surface area (Å²) in [5.41, 5.74) is 4.14. The highest BCUT2D eigenvalue weighted by molar-refractivity contribution is 5.98. The first-order valence-electron chi connectivity index (χ1n) is 8.48. The first-order valence-corrected chi connectivity index (χ1v) is 8.48. The van der Waals surface area contributed by atoms with E-state index in [2.05, 4.69) is 22.1 Å². The highest BCUT2D eigenvalue weighted by Gasteiger charge is 2.28. The van der Waals surface area contributed by atoms with E-state index in [9.17, 15) is 4.39 Å². The Morgan fingerprint density at radius 3 is 2.92 bits per heavy atom. The van der Waals surface area contributed by atoms with Gasteiger partial charge in [-0.2, -0.15) is 10.2 Å². The first-order chi connectivity index (χ1) is 12.7. The Hall–Kier alpha value is -3.22. The minimum atomic E-state index is -0.273. The molecule has 26 heavy (non-hydrogen) atoms. The quantitative estimate of drug-likeness (QED) is 0.600. The number of aromatic amines is 1. The SMILES string of the molecule is CC1COc2c(-c3ccnc4[nH]ncc34)c(-c3ccc(F)cc3)nn2C1. The molecule has 1 aliphatic rings. The summed E-state index contributed by atoms with van der Waals surface area (Å²) in [6.45, 7) is 3.55. The van der Waals surface area contributed by atoms with Gasteiger partial charge in [-0.3, -0.25) is 5.10 Å². The molecule has 1 unspecified atom stereocenters. The van der Waals surface area contributed by atoms with E-state index in [0.29, 0.717) is 18.2 Å². The van der Waals surface area contributed by atoms with E-state index in [1.807, 2.05) is 10.7 Å². The molecule has 0 bridgehead atoms. The number of rotatable bonds is 2. The van der Waals surface area contributed by atoms with Crippen LogP contribution in [-0.4, -0.2) is 31.6 Å². The molecule has 1 N–H and O–H groups in total. The zero-order valence-corrected chi connectivity index (χ0v) is 14.1. The van der Waals surface area contributed by atoms with Crippen LogP contribution in [0.15, 0.2) is 42.7 Å². The zero-order chi connectivity index (χ0) is 17.7. The van der Waals surface area contributed by atoms with E-state index < -0.39 is 0 Å². The summed E-state index contributed by atoms with van der Waals surface area (Å²) in [4.78, 5) is 4.31. The summed E-state index contributed by atoms with van der Waals surface area (Å²) in [5.74, 6) is 0.837. The van der Waals surface area contributed by atoms with Crippen molar-refractivity contribution in [1.82, 2.24) is 25.0 Å². The molecular formula is C19H16FN5O. The summed E-state index contributed by atoms with van der Waals surface area (Å²) in [7, 11) is 0. The van der Waals surface area contributed by atoms with Gasteiger partial charge in [0.25, 0.3) is 0 Å². The Balaban J connectivity index is 1.80. The molecule has 5 rings (SSSR count). The fourth-order valence-electron chi connectivity index (χ4n) is 3.41. The Bertz CT molecular complexity index is 1100. The van der Waals surface area contributed by atoms with Crippen LogP contribution in [0.2, 0.25) is 0 Å². The first kappa shape index (κ1) is 15.1. The van der Waals surface area contributed by atoms with Crippen molar-refractivity contribution in [3.63, 3.8) is 0 Å². The fourth-order valence-corrected chi connectivity index (χ4v) is 3.41. The minimum absolute atomic E-state index is 0.273. The predicted molar refractivity (Wildman–Crippen MR) is 95.2 cm³/mol. The third-order valence-corrected chi connectivity index (χ3v) is 4.64. The minimum Gasteiger partial charge on any atom is -0.477 e. The number of benzene rings is 1. The lowest BCUT2D eigenvalue weighted by Crippen LogP contribution is -2.23. The molecule has 0 saturated heterocycles. The lowest BCUT2D eigenvalue weighted by Gasteiger charge is -2.21. The molecule has 4 heterocycles. The maximum Gasteiger partial charge on any atom is 0.220 e. The second-order valence-electron chi connectivity index (χ2n) is 6.62. The summed E-state index contributed by atoms with van der Waals surface area (Å²) < 4.78 is 21.3. The van der Waals surface area contributed by atoms with Crippen LogP contribution in [0.4, 0.5) is 4.39 Å². The number of hydrogen-bond donors (Lipinski definition) is 1. The smallest absolute Gasteiger partial charge is 0.220 e. The van der Waals surface area contributed by atoms with Crippen molar-refractivity contribution in [2.24, 2.45) is 5.92 Å². The summed E-state index contributed by atoms with van der Waals surface area (Å²) in [6.07, 6.45) is 3.49. The maximum absolute atomic E-state index is 13.4. The van der Waals surface area contributed by atoms with Gasteiger partial charge < -0.3 is 4.74 Å². The Morgan fingerprint density at radius 2 is 2.08 bits per heavy atom. The van der Waals surface area contributed by atoms with Gasteiger partial charge in [0.15, 0.2) is 5.65 Å². The van der Waals surface area contributed by atoms with Crippen LogP contribution in [-0.2, 0) is 6.54 Å². The average Bonchev–Trinajstić information content (AvgIpc) is 3.26. The standard InChI is InChI=1S/C19H16FN5O/c1-11-9-25-19(26-10-11)16(14-6-7-21-18-15(14)8-22-23-18)17(24-25)12-2-4-13(20)5-3-12/h2-8,11H,9-10H2,1H3,(H,21,22,23). The Kier molecular flexibility index (Phi) is 3.28. The van der Waals surface area contributed by atoms with Crippen LogP contribution in [0.1, 0.15) is 6.92 Å². The number of H-pyrrole nitrogens is 1. The van der Waals surface area contributed by atoms with Crippen molar-refractivity contribution < 1.29 is 9.13 Å². The van der Waals surface area contributed by atoms with Crippen LogP contribution in [0, 0.1) is 11.7 Å². The molecule has 130 valence electrons. The van der Waals surface area contributed by atoms with Gasteiger partial charge in [-0.05, 0) is 30.3 Å². The van der Waals surface area contributed by atoms with Gasteiger partial charge in [0.05, 0.1) is 24.9 Å². The van der Waals surface area contributed by atoms with E-state index in [1.165, 1.54) is 12.1 Å². The molecule has 1 aliphatic heterocycles. The van der Waals surface area contributed by atoms with Crippen molar-refractivity contribution in [2.45, 2.75) is 13.5 Å². The molecule has 7 heteroatoms. The largest absolute Gasteiger partial charge is 0.477 e. The van der Waals surface area contributed by atoms with Crippen LogP contribution >= 0.6 is 0 Å². The van der Waals surface area contributed by atoms with E-state index in [0.717, 1.165) is 40.2 Å². The molecule has 0 fully saturated rings. The van der Waals surface area contributed by atoms with Crippen LogP contribution in [0.3, 0.4) is 0 Å². The second kappa shape index (κ2) is 5.66. The number of fused-ring (bicyclic) bond motifs is 2. The number of nitrogens with one attached hydrogen (secondary N) is 1. The van der Waals surface area contributed by atoms with E-state index >= 15 is 0 Å². The van der Waals surface area contributed by atoms with Crippen LogP contribution in [0.5, 0.6) is 5.88 Å². The lowest BCUT2D eigenvalue weighted by atomic mass is 9.99. The van der Waals surface area contributed by atoms with Gasteiger partial charge in [0.2, 0.25) is 5.88 Å². The second-order valence-corrected chi connectivity index (χ2v) is 6.62. The molecule has 6 nitrogen and oxygen atoms in total. The topological polar surface area (TPSA) is 68.6 Å². The molecule has 0 saturated carbocycles. The number of hydrogen-bond acceptors (Lipinski definition) is 4. The highest BCUT2D eigenvalue weighted by atomic mass is 19.1. The molecule has 0 amide bonds. The number of aromatic nitrogens is 5. The number of nitrogens with zero attached hydrogens (tertiary/aromatic N) is 4. The van der Waals surface area contributed by atoms with Gasteiger partial charge in [0, 0.05) is 28.6 Å². The number of pyridine rings is 1. The molecule has 4 aromatic rings. The number of ether oxygens (including phenoxy) is 1. The van der Waals surface area contributed by atoms with Crippen molar-refractivity contribution in [3.05, 3.63) is 48.5 Å². The Labute approximate surface area is 148 Å². The molecule has 3 aromatic heterocycles. The van der Waals surface area contributed by atoms with Crippen molar-refractivity contribution >= 4 is 11.0 Å². The van der Waals surface area contributed by atoms with Crippen LogP contribution < -0.4 is 4.74 Å². The van der Waals surface area contributed by atoms with Crippen molar-refractivity contribution in [2.75, 3.05) is 6.61 Å². The molecule has 1 aromatic carbocycles. The van der Waals surface area contributed by atoms with E-state index in [4.69, 9.17) is 9.84 Å². The Morgan fingerprint density at radius 1 is 1.23 bits per heavy atom. The van der Waals surface area contributed by atoms with Gasteiger partial charge in [-0.1, -0.05) is 6.92 Å². The zero-order valence-electron chi connectivity index (χ0n) is 14.1. The molecular weight excluding hydrogens is 333 g/mol. The van der Waals surface area contributed by atoms with Gasteiger partial charge in [-0.25, -0.2) is 14.1 Å². The number of halogens is 1. The van der Waals surface area contributed by atoms with Gasteiger partial charge >= 0.3 is 0 Å². The average molecular weight is 349 g/mol. The predicted octanol–water partition coefficient (Wildman–Crippen LogP) is 3.66. The lowest BCUT2D eigenvalue weighted by molar-refractivity contribution is 0.176. The van der Waals surface area contributed by atoms with E-state index in [-0.39, 0.29) is 5.82 Å². The van der Waals surface area contributed by atoms with Crippen molar-refractivity contribution in [1.29, 1.82) is 0 Å². The highest BCUT2D eigenvalue weighted by Crippen LogP contribution is 2.43. The van der Waals surface area contributed by atoms with Crippen molar-refractivity contribution in [3.8, 4) is 28.3 Å². The molecule has 0 radical (unpaired) electrons. The summed E-state index contributed by atoms with van der Waals surface area (Å²) >= 11 is 0. The summed E-state index contributed by atoms with van der Waals surface area (Å²) in [5, 5.41) is 12.7. The maximum atomic E-state index is 13.4. The third-order valence-electron chi connectivity index (χ3n) is 4.64. The molecule has 0 spiro atoms. The fraction of sp³-hybridized carbons (Fsp3) is 0.211. The van der Waals surface area contributed by atoms with E-state index in [1.54, 1.807) is 24.5 Å². The van der Waals surface area contributed by atoms with Gasteiger partial charge in [-0.15, -0.1) is 0 Å².